The quantitative estimate of drug-likeness (QED) is 0.102. The topological polar surface area (TPSA) is 0 Å². The molecule has 0 N–H and O–H groups in total. The molecule has 0 saturated heterocycles. The zero-order chi connectivity index (χ0) is 27.0. The van der Waals surface area contributed by atoms with Crippen LogP contribution in [0.15, 0.2) is 109 Å². The van der Waals surface area contributed by atoms with Crippen LogP contribution in [0, 0.1) is 13.8 Å². The number of hydrogen-bond acceptors (Lipinski definition) is 0. The van der Waals surface area contributed by atoms with Crippen LogP contribution in [-0.2, 0) is 0 Å². The molecule has 0 aliphatic heterocycles. The summed E-state index contributed by atoms with van der Waals surface area (Å²) >= 11 is -3.46. The fourth-order valence-corrected chi connectivity index (χ4v) is 23.9. The summed E-state index contributed by atoms with van der Waals surface area (Å²) < 4.78 is 9.47. The Labute approximate surface area is 249 Å². The maximum absolute atomic E-state index is 2.36. The maximum atomic E-state index is 2.36. The Balaban J connectivity index is 0.000000215. The second kappa shape index (κ2) is 18.1. The van der Waals surface area contributed by atoms with Crippen LogP contribution >= 0.6 is 0 Å². The number of benzene rings is 4. The molecule has 200 valence electrons. The fourth-order valence-electron chi connectivity index (χ4n) is 4.88. The molecule has 0 heterocycles. The number of unbranched alkanes of at least 4 members (excludes halogenated alkanes) is 5. The minimum atomic E-state index is -1.74. The molecule has 0 nitrogen and oxygen atoms in total. The molecular formula is C36H46Bi2. The van der Waals surface area contributed by atoms with Gasteiger partial charge in [0.05, 0.1) is 0 Å². The van der Waals surface area contributed by atoms with Crippen molar-refractivity contribution in [1.82, 2.24) is 0 Å². The molecule has 0 bridgehead atoms. The van der Waals surface area contributed by atoms with Crippen LogP contribution < -0.4 is 13.1 Å². The van der Waals surface area contributed by atoms with Gasteiger partial charge in [-0.25, -0.2) is 0 Å². The number of hydrogen-bond donors (Lipinski definition) is 0. The van der Waals surface area contributed by atoms with Crippen molar-refractivity contribution in [3.05, 3.63) is 120 Å². The molecule has 0 radical (unpaired) electrons. The molecule has 4 aromatic carbocycles. The first-order valence-electron chi connectivity index (χ1n) is 14.4. The number of rotatable bonds is 12. The average Bonchev–Trinajstić information content (AvgIpc) is 2.96. The molecule has 38 heavy (non-hydrogen) atoms. The normalized spacial score (nSPS) is 10.9. The van der Waals surface area contributed by atoms with E-state index < -0.39 is 43.5 Å². The van der Waals surface area contributed by atoms with E-state index >= 15 is 0 Å². The summed E-state index contributed by atoms with van der Waals surface area (Å²) in [5.41, 5.74) is 2.96. The molecule has 0 aliphatic rings. The third-order valence-corrected chi connectivity index (χ3v) is 28.0. The summed E-state index contributed by atoms with van der Waals surface area (Å²) in [7, 11) is 0. The number of aryl methyl sites for hydroxylation is 2. The molecule has 4 aromatic rings. The molecule has 0 fully saturated rings. The van der Waals surface area contributed by atoms with Crippen molar-refractivity contribution in [3.63, 3.8) is 0 Å². The molecule has 4 rings (SSSR count). The Kier molecular flexibility index (Phi) is 14.8. The molecule has 0 saturated carbocycles. The van der Waals surface area contributed by atoms with Gasteiger partial charge in [-0.3, -0.25) is 0 Å². The predicted octanol–water partition coefficient (Wildman–Crippen LogP) is 7.59. The van der Waals surface area contributed by atoms with Gasteiger partial charge in [-0.15, -0.1) is 0 Å². The van der Waals surface area contributed by atoms with Gasteiger partial charge in [0.15, 0.2) is 0 Å². The molecule has 0 aromatic heterocycles. The third-order valence-electron chi connectivity index (χ3n) is 7.00. The van der Waals surface area contributed by atoms with Gasteiger partial charge < -0.3 is 0 Å². The van der Waals surface area contributed by atoms with Crippen LogP contribution in [0.3, 0.4) is 0 Å². The average molecular weight is 897 g/mol. The van der Waals surface area contributed by atoms with Gasteiger partial charge >= 0.3 is 251 Å². The van der Waals surface area contributed by atoms with Crippen molar-refractivity contribution in [2.45, 2.75) is 74.5 Å². The van der Waals surface area contributed by atoms with Crippen LogP contribution in [-0.4, -0.2) is 43.5 Å². The van der Waals surface area contributed by atoms with Crippen molar-refractivity contribution in [3.8, 4) is 0 Å². The van der Waals surface area contributed by atoms with Crippen LogP contribution in [0.2, 0.25) is 8.26 Å². The van der Waals surface area contributed by atoms with E-state index in [1.807, 2.05) is 0 Å². The summed E-state index contributed by atoms with van der Waals surface area (Å²) in [5.74, 6) is 0. The summed E-state index contributed by atoms with van der Waals surface area (Å²) in [4.78, 5) is 0. The van der Waals surface area contributed by atoms with Gasteiger partial charge in [-0.1, -0.05) is 0 Å². The Morgan fingerprint density at radius 1 is 0.447 bits per heavy atom. The summed E-state index contributed by atoms with van der Waals surface area (Å²) in [6.07, 6.45) is 8.44. The minimum absolute atomic E-state index is 1.34. The summed E-state index contributed by atoms with van der Waals surface area (Å²) in [6, 6.07) is 40.5. The van der Waals surface area contributed by atoms with Gasteiger partial charge in [0, 0.05) is 0 Å². The predicted molar refractivity (Wildman–Crippen MR) is 174 cm³/mol. The van der Waals surface area contributed by atoms with E-state index in [-0.39, 0.29) is 0 Å². The van der Waals surface area contributed by atoms with E-state index in [0.717, 1.165) is 0 Å². The molecule has 0 atom stereocenters. The van der Waals surface area contributed by atoms with Crippen LogP contribution in [0.1, 0.15) is 63.5 Å². The molecular weight excluding hydrogens is 850 g/mol. The molecule has 2 heteroatoms. The standard InChI is InChI=1S/C8H17.2C7H7.2C6H5.C2H5.2Bi/c1-3-5-7-8-6-4-2;2*1-7-5-3-2-4-6-7;2*1-2-4-6-5-3-1;1-2;;/h1,3-8H2,2H3;2*2-5H,1H3;2*1-5H;1H2,2H3;;. The second-order valence-electron chi connectivity index (χ2n) is 9.91. The molecule has 0 amide bonds. The van der Waals surface area contributed by atoms with Crippen LogP contribution in [0.25, 0.3) is 0 Å². The summed E-state index contributed by atoms with van der Waals surface area (Å²) in [6.45, 7) is 9.16. The van der Waals surface area contributed by atoms with E-state index in [4.69, 9.17) is 0 Å². The van der Waals surface area contributed by atoms with Gasteiger partial charge in [0.2, 0.25) is 0 Å². The van der Waals surface area contributed by atoms with Gasteiger partial charge in [-0.05, 0) is 0 Å². The van der Waals surface area contributed by atoms with Crippen LogP contribution in [0.5, 0.6) is 0 Å². The Bertz CT molecular complexity index is 1090. The second-order valence-corrected chi connectivity index (χ2v) is 28.5. The molecule has 0 unspecified atom stereocenters. The summed E-state index contributed by atoms with van der Waals surface area (Å²) in [5, 5.41) is 0. The van der Waals surface area contributed by atoms with E-state index in [9.17, 15) is 0 Å². The molecule has 0 spiro atoms. The van der Waals surface area contributed by atoms with E-state index in [0.29, 0.717) is 0 Å². The van der Waals surface area contributed by atoms with Crippen molar-refractivity contribution in [2.24, 2.45) is 0 Å². The SMILES string of the molecule is CCCCCCC[CH2][Bi]([c]1ccccc1)[c]1ccccc1.C[CH2][Bi]([c]1ccccc1C)[c]1ccccc1C. The van der Waals surface area contributed by atoms with E-state index in [1.165, 1.54) is 57.9 Å². The van der Waals surface area contributed by atoms with Gasteiger partial charge in [-0.2, -0.15) is 0 Å². The first-order chi connectivity index (χ1) is 18.7. The monoisotopic (exact) mass is 896 g/mol. The zero-order valence-electron chi connectivity index (χ0n) is 23.9. The molecule has 0 aliphatic carbocycles. The first kappa shape index (κ1) is 31.2. The zero-order valence-corrected chi connectivity index (χ0v) is 30.9. The Morgan fingerprint density at radius 3 is 1.32 bits per heavy atom. The van der Waals surface area contributed by atoms with E-state index in [2.05, 4.69) is 137 Å². The fraction of sp³-hybridized carbons (Fsp3) is 0.333. The van der Waals surface area contributed by atoms with Crippen molar-refractivity contribution >= 4 is 56.6 Å². The van der Waals surface area contributed by atoms with Gasteiger partial charge in [0.25, 0.3) is 0 Å². The van der Waals surface area contributed by atoms with Crippen molar-refractivity contribution in [1.29, 1.82) is 0 Å². The van der Waals surface area contributed by atoms with Gasteiger partial charge in [0.1, 0.15) is 0 Å². The van der Waals surface area contributed by atoms with E-state index in [1.54, 1.807) is 13.1 Å². The third kappa shape index (κ3) is 9.99. The van der Waals surface area contributed by atoms with Crippen molar-refractivity contribution < 1.29 is 0 Å². The first-order valence-corrected chi connectivity index (χ1v) is 26.3. The van der Waals surface area contributed by atoms with Crippen molar-refractivity contribution in [2.75, 3.05) is 0 Å². The Hall–Kier alpha value is -1.35. The Morgan fingerprint density at radius 2 is 0.868 bits per heavy atom. The van der Waals surface area contributed by atoms with Crippen LogP contribution in [0.4, 0.5) is 0 Å².